The van der Waals surface area contributed by atoms with E-state index in [0.29, 0.717) is 5.75 Å². The quantitative estimate of drug-likeness (QED) is 0.733. The topological polar surface area (TPSA) is 35.5 Å². The normalized spacial score (nSPS) is 19.9. The van der Waals surface area contributed by atoms with E-state index in [1.54, 1.807) is 6.07 Å². The molecule has 3 nitrogen and oxygen atoms in total. The predicted molar refractivity (Wildman–Crippen MR) is 60.6 cm³/mol. The third-order valence-corrected chi connectivity index (χ3v) is 3.09. The number of hydrazine groups is 1. The summed E-state index contributed by atoms with van der Waals surface area (Å²) in [4.78, 5) is 0. The van der Waals surface area contributed by atoms with Crippen molar-refractivity contribution in [1.29, 1.82) is 0 Å². The highest BCUT2D eigenvalue weighted by atomic mass is 16.3. The molecule has 1 aliphatic rings. The van der Waals surface area contributed by atoms with E-state index in [1.165, 1.54) is 11.1 Å². The van der Waals surface area contributed by atoms with Gasteiger partial charge in [0.25, 0.3) is 0 Å². The van der Waals surface area contributed by atoms with Crippen LogP contribution >= 0.6 is 0 Å². The van der Waals surface area contributed by atoms with Gasteiger partial charge in [-0.25, -0.2) is 5.01 Å². The minimum absolute atomic E-state index is 0.0787. The number of hydrogen-bond acceptors (Lipinski definition) is 3. The maximum atomic E-state index is 9.51. The highest BCUT2D eigenvalue weighted by Gasteiger charge is 2.31. The van der Waals surface area contributed by atoms with Gasteiger partial charge in [0.15, 0.2) is 0 Å². The summed E-state index contributed by atoms with van der Waals surface area (Å²) in [6.45, 7) is 6.26. The van der Waals surface area contributed by atoms with Crippen LogP contribution in [0.25, 0.3) is 0 Å². The molecule has 0 unspecified atom stereocenters. The molecular weight excluding hydrogens is 188 g/mol. The van der Waals surface area contributed by atoms with Crippen LogP contribution < -0.4 is 5.43 Å². The second-order valence-corrected chi connectivity index (χ2v) is 4.81. The third-order valence-electron chi connectivity index (χ3n) is 3.09. The van der Waals surface area contributed by atoms with Crippen LogP contribution in [-0.2, 0) is 12.0 Å². The van der Waals surface area contributed by atoms with Gasteiger partial charge >= 0.3 is 0 Å². The van der Waals surface area contributed by atoms with E-state index in [9.17, 15) is 5.11 Å². The van der Waals surface area contributed by atoms with Crippen LogP contribution in [0.2, 0.25) is 0 Å². The summed E-state index contributed by atoms with van der Waals surface area (Å²) in [6.07, 6.45) is 0. The first-order valence-corrected chi connectivity index (χ1v) is 5.27. The first-order chi connectivity index (χ1) is 7.03. The SMILES string of the molecule is CNN1Cc2ccc(O)cc2C(C)(C)C1. The average molecular weight is 206 g/mol. The molecule has 1 aromatic carbocycles. The Hall–Kier alpha value is -1.06. The minimum atomic E-state index is 0.0787. The van der Waals surface area contributed by atoms with Gasteiger partial charge in [-0.1, -0.05) is 19.9 Å². The van der Waals surface area contributed by atoms with E-state index < -0.39 is 0 Å². The van der Waals surface area contributed by atoms with Gasteiger partial charge in [0.1, 0.15) is 5.75 Å². The first kappa shape index (κ1) is 10.5. The molecule has 2 rings (SSSR count). The largest absolute Gasteiger partial charge is 0.508 e. The molecular formula is C12H18N2O. The lowest BCUT2D eigenvalue weighted by molar-refractivity contribution is 0.141. The van der Waals surface area contributed by atoms with Crippen LogP contribution in [0.15, 0.2) is 18.2 Å². The van der Waals surface area contributed by atoms with Crippen molar-refractivity contribution in [1.82, 2.24) is 10.4 Å². The molecule has 3 heteroatoms. The average Bonchev–Trinajstić information content (AvgIpc) is 2.18. The van der Waals surface area contributed by atoms with Crippen molar-refractivity contribution in [3.8, 4) is 5.75 Å². The highest BCUT2D eigenvalue weighted by molar-refractivity contribution is 5.41. The maximum Gasteiger partial charge on any atom is 0.115 e. The number of rotatable bonds is 1. The predicted octanol–water partition coefficient (Wildman–Crippen LogP) is 1.62. The highest BCUT2D eigenvalue weighted by Crippen LogP contribution is 2.34. The summed E-state index contributed by atoms with van der Waals surface area (Å²) in [5, 5.41) is 11.7. The monoisotopic (exact) mass is 206 g/mol. The van der Waals surface area contributed by atoms with Crippen molar-refractivity contribution < 1.29 is 5.11 Å². The number of fused-ring (bicyclic) bond motifs is 1. The summed E-state index contributed by atoms with van der Waals surface area (Å²) in [5.74, 6) is 0.361. The van der Waals surface area contributed by atoms with Gasteiger partial charge in [-0.05, 0) is 30.3 Å². The number of nitrogens with one attached hydrogen (secondary N) is 1. The Kier molecular flexibility index (Phi) is 2.44. The van der Waals surface area contributed by atoms with Gasteiger partial charge in [0.05, 0.1) is 0 Å². The lowest BCUT2D eigenvalue weighted by Gasteiger charge is -2.39. The van der Waals surface area contributed by atoms with E-state index in [1.807, 2.05) is 19.2 Å². The van der Waals surface area contributed by atoms with Crippen LogP contribution in [0, 0.1) is 0 Å². The van der Waals surface area contributed by atoms with Crippen molar-refractivity contribution in [3.05, 3.63) is 29.3 Å². The van der Waals surface area contributed by atoms with E-state index >= 15 is 0 Å². The molecule has 0 saturated heterocycles. The molecule has 82 valence electrons. The molecule has 15 heavy (non-hydrogen) atoms. The van der Waals surface area contributed by atoms with Gasteiger partial charge in [-0.2, -0.15) is 0 Å². The minimum Gasteiger partial charge on any atom is -0.508 e. The van der Waals surface area contributed by atoms with Crippen molar-refractivity contribution in [3.63, 3.8) is 0 Å². The Labute approximate surface area is 90.7 Å². The lowest BCUT2D eigenvalue weighted by atomic mass is 9.79. The molecule has 0 fully saturated rings. The molecule has 0 saturated carbocycles. The summed E-state index contributed by atoms with van der Waals surface area (Å²) in [5.41, 5.74) is 5.81. The fraction of sp³-hybridized carbons (Fsp3) is 0.500. The molecule has 1 aliphatic heterocycles. The maximum absolute atomic E-state index is 9.51. The molecule has 1 aromatic rings. The van der Waals surface area contributed by atoms with Crippen LogP contribution in [0.5, 0.6) is 5.75 Å². The van der Waals surface area contributed by atoms with Gasteiger partial charge in [0, 0.05) is 18.5 Å². The Bertz CT molecular complexity index is 374. The van der Waals surface area contributed by atoms with Gasteiger partial charge in [0.2, 0.25) is 0 Å². The van der Waals surface area contributed by atoms with Crippen molar-refractivity contribution >= 4 is 0 Å². The molecule has 1 heterocycles. The Morgan fingerprint density at radius 2 is 2.13 bits per heavy atom. The zero-order chi connectivity index (χ0) is 11.1. The van der Waals surface area contributed by atoms with E-state index in [-0.39, 0.29) is 5.41 Å². The second-order valence-electron chi connectivity index (χ2n) is 4.81. The van der Waals surface area contributed by atoms with Gasteiger partial charge < -0.3 is 5.11 Å². The van der Waals surface area contributed by atoms with Crippen LogP contribution in [-0.4, -0.2) is 23.7 Å². The molecule has 2 N–H and O–H groups in total. The Morgan fingerprint density at radius 3 is 2.80 bits per heavy atom. The molecule has 0 spiro atoms. The lowest BCUT2D eigenvalue weighted by Crippen LogP contribution is -2.47. The smallest absolute Gasteiger partial charge is 0.115 e. The number of phenols is 1. The van der Waals surface area contributed by atoms with Crippen LogP contribution in [0.3, 0.4) is 0 Å². The number of nitrogens with zero attached hydrogens (tertiary/aromatic N) is 1. The Balaban J connectivity index is 2.45. The zero-order valence-electron chi connectivity index (χ0n) is 9.54. The molecule has 0 aromatic heterocycles. The Morgan fingerprint density at radius 1 is 1.40 bits per heavy atom. The third kappa shape index (κ3) is 1.85. The summed E-state index contributed by atoms with van der Waals surface area (Å²) in [6, 6.07) is 5.66. The molecule has 0 aliphatic carbocycles. The fourth-order valence-corrected chi connectivity index (χ4v) is 2.31. The second kappa shape index (κ2) is 3.51. The molecule has 0 radical (unpaired) electrons. The van der Waals surface area contributed by atoms with Crippen molar-refractivity contribution in [2.45, 2.75) is 25.8 Å². The number of hydrogen-bond donors (Lipinski definition) is 2. The fourth-order valence-electron chi connectivity index (χ4n) is 2.31. The standard InChI is InChI=1S/C12H18N2O/c1-12(2)8-14(13-3)7-9-4-5-10(15)6-11(9)12/h4-6,13,15H,7-8H2,1-3H3. The van der Waals surface area contributed by atoms with Crippen molar-refractivity contribution in [2.24, 2.45) is 0 Å². The first-order valence-electron chi connectivity index (χ1n) is 5.27. The van der Waals surface area contributed by atoms with Crippen LogP contribution in [0.4, 0.5) is 0 Å². The number of phenolic OH excluding ortho intramolecular Hbond substituents is 1. The van der Waals surface area contributed by atoms with Gasteiger partial charge in [-0.15, -0.1) is 0 Å². The molecule has 0 atom stereocenters. The van der Waals surface area contributed by atoms with E-state index in [2.05, 4.69) is 24.3 Å². The zero-order valence-corrected chi connectivity index (χ0v) is 9.54. The summed E-state index contributed by atoms with van der Waals surface area (Å²) < 4.78 is 0. The van der Waals surface area contributed by atoms with Crippen LogP contribution in [0.1, 0.15) is 25.0 Å². The number of aromatic hydroxyl groups is 1. The van der Waals surface area contributed by atoms with Crippen molar-refractivity contribution in [2.75, 3.05) is 13.6 Å². The summed E-state index contributed by atoms with van der Waals surface area (Å²) in [7, 11) is 1.95. The van der Waals surface area contributed by atoms with E-state index in [4.69, 9.17) is 0 Å². The number of benzene rings is 1. The molecule has 0 amide bonds. The molecule has 0 bridgehead atoms. The summed E-state index contributed by atoms with van der Waals surface area (Å²) >= 11 is 0. The van der Waals surface area contributed by atoms with E-state index in [0.717, 1.165) is 13.1 Å². The van der Waals surface area contributed by atoms with Gasteiger partial charge in [-0.3, -0.25) is 5.43 Å².